The molecule has 1 aliphatic heterocycles. The molecule has 16 heavy (non-hydrogen) atoms. The Kier molecular flexibility index (Phi) is 3.04. The molecule has 0 amide bonds. The fourth-order valence-corrected chi connectivity index (χ4v) is 3.22. The predicted molar refractivity (Wildman–Crippen MR) is 65.0 cm³/mol. The molecule has 1 fully saturated rings. The van der Waals surface area contributed by atoms with Crippen molar-refractivity contribution in [2.75, 3.05) is 19.3 Å². The lowest BCUT2D eigenvalue weighted by molar-refractivity contribution is 0.478. The summed E-state index contributed by atoms with van der Waals surface area (Å²) in [5, 5.41) is 0. The number of rotatable bonds is 2. The highest BCUT2D eigenvalue weighted by atomic mass is 32.2. The molecule has 0 N–H and O–H groups in total. The van der Waals surface area contributed by atoms with Crippen LogP contribution < -0.4 is 0 Å². The van der Waals surface area contributed by atoms with Gasteiger partial charge in [0.05, 0.1) is 6.26 Å². The van der Waals surface area contributed by atoms with Gasteiger partial charge >= 0.3 is 0 Å². The lowest BCUT2D eigenvalue weighted by atomic mass is 9.94. The van der Waals surface area contributed by atoms with E-state index in [2.05, 4.69) is 19.1 Å². The first kappa shape index (κ1) is 11.6. The van der Waals surface area contributed by atoms with Gasteiger partial charge in [-0.15, -0.1) is 0 Å². The molecule has 1 atom stereocenters. The van der Waals surface area contributed by atoms with Gasteiger partial charge < -0.3 is 0 Å². The van der Waals surface area contributed by atoms with Crippen LogP contribution in [0.3, 0.4) is 0 Å². The molecule has 0 saturated carbocycles. The highest BCUT2D eigenvalue weighted by Crippen LogP contribution is 2.30. The normalized spacial score (nSPS) is 22.5. The standard InChI is InChI=1S/C12H17NO2S/c1-10-5-3-4-6-12(10)11-7-8-13(9-11)16(2,14)15/h3-6,11H,7-9H2,1-2H3. The molecule has 1 saturated heterocycles. The zero-order valence-corrected chi connectivity index (χ0v) is 10.5. The van der Waals surface area contributed by atoms with E-state index in [9.17, 15) is 8.42 Å². The Morgan fingerprint density at radius 3 is 2.56 bits per heavy atom. The number of hydrogen-bond acceptors (Lipinski definition) is 2. The van der Waals surface area contributed by atoms with Crippen molar-refractivity contribution in [2.24, 2.45) is 0 Å². The van der Waals surface area contributed by atoms with Crippen molar-refractivity contribution in [3.8, 4) is 0 Å². The SMILES string of the molecule is Cc1ccccc1C1CCN(S(C)(=O)=O)C1. The summed E-state index contributed by atoms with van der Waals surface area (Å²) < 4.78 is 24.4. The van der Waals surface area contributed by atoms with Gasteiger partial charge in [-0.2, -0.15) is 0 Å². The number of sulfonamides is 1. The summed E-state index contributed by atoms with van der Waals surface area (Å²) >= 11 is 0. The molecular formula is C12H17NO2S. The Labute approximate surface area is 97.1 Å². The van der Waals surface area contributed by atoms with Crippen molar-refractivity contribution < 1.29 is 8.42 Å². The van der Waals surface area contributed by atoms with Gasteiger partial charge in [-0.05, 0) is 30.4 Å². The molecule has 1 unspecified atom stereocenters. The third kappa shape index (κ3) is 2.28. The van der Waals surface area contributed by atoms with Crippen LogP contribution >= 0.6 is 0 Å². The highest BCUT2D eigenvalue weighted by Gasteiger charge is 2.29. The smallest absolute Gasteiger partial charge is 0.211 e. The summed E-state index contributed by atoms with van der Waals surface area (Å²) in [4.78, 5) is 0. The van der Waals surface area contributed by atoms with Crippen LogP contribution in [0.15, 0.2) is 24.3 Å². The topological polar surface area (TPSA) is 37.4 Å². The number of aryl methyl sites for hydroxylation is 1. The van der Waals surface area contributed by atoms with Crippen LogP contribution in [0.5, 0.6) is 0 Å². The van der Waals surface area contributed by atoms with Crippen molar-refractivity contribution in [3.05, 3.63) is 35.4 Å². The molecule has 0 aliphatic carbocycles. The van der Waals surface area contributed by atoms with E-state index in [-0.39, 0.29) is 0 Å². The summed E-state index contributed by atoms with van der Waals surface area (Å²) in [6.07, 6.45) is 2.21. The minimum absolute atomic E-state index is 0.357. The van der Waals surface area contributed by atoms with Crippen LogP contribution in [0, 0.1) is 6.92 Å². The second-order valence-electron chi connectivity index (χ2n) is 4.46. The Morgan fingerprint density at radius 2 is 2.00 bits per heavy atom. The van der Waals surface area contributed by atoms with Gasteiger partial charge in [0.1, 0.15) is 0 Å². The molecule has 1 aliphatic rings. The monoisotopic (exact) mass is 239 g/mol. The molecule has 0 aromatic heterocycles. The lowest BCUT2D eigenvalue weighted by Gasteiger charge is -2.15. The summed E-state index contributed by atoms with van der Waals surface area (Å²) in [5.74, 6) is 0.357. The third-order valence-corrected chi connectivity index (χ3v) is 4.52. The molecule has 0 radical (unpaired) electrons. The van der Waals surface area contributed by atoms with E-state index in [1.54, 1.807) is 4.31 Å². The van der Waals surface area contributed by atoms with Crippen LogP contribution in [0.25, 0.3) is 0 Å². The summed E-state index contributed by atoms with van der Waals surface area (Å²) in [7, 11) is -3.02. The van der Waals surface area contributed by atoms with Crippen molar-refractivity contribution in [3.63, 3.8) is 0 Å². The summed E-state index contributed by atoms with van der Waals surface area (Å²) in [5.41, 5.74) is 2.54. The van der Waals surface area contributed by atoms with Crippen molar-refractivity contribution in [1.82, 2.24) is 4.31 Å². The minimum Gasteiger partial charge on any atom is -0.213 e. The second-order valence-corrected chi connectivity index (χ2v) is 6.45. The molecule has 2 rings (SSSR count). The molecule has 1 aromatic rings. The second kappa shape index (κ2) is 4.18. The molecule has 1 aromatic carbocycles. The van der Waals surface area contributed by atoms with E-state index in [1.807, 2.05) is 12.1 Å². The van der Waals surface area contributed by atoms with E-state index in [1.165, 1.54) is 17.4 Å². The van der Waals surface area contributed by atoms with E-state index >= 15 is 0 Å². The van der Waals surface area contributed by atoms with E-state index in [0.29, 0.717) is 19.0 Å². The number of hydrogen-bond donors (Lipinski definition) is 0. The molecule has 0 bridgehead atoms. The quantitative estimate of drug-likeness (QED) is 0.788. The summed E-state index contributed by atoms with van der Waals surface area (Å²) in [6.45, 7) is 3.36. The van der Waals surface area contributed by atoms with Crippen LogP contribution in [-0.2, 0) is 10.0 Å². The summed E-state index contributed by atoms with van der Waals surface area (Å²) in [6, 6.07) is 8.22. The molecule has 3 nitrogen and oxygen atoms in total. The number of nitrogens with zero attached hydrogens (tertiary/aromatic N) is 1. The maximum absolute atomic E-state index is 11.4. The van der Waals surface area contributed by atoms with Crippen LogP contribution in [0.4, 0.5) is 0 Å². The average molecular weight is 239 g/mol. The molecule has 4 heteroatoms. The van der Waals surface area contributed by atoms with E-state index in [4.69, 9.17) is 0 Å². The maximum Gasteiger partial charge on any atom is 0.211 e. The zero-order valence-electron chi connectivity index (χ0n) is 9.68. The average Bonchev–Trinajstić information content (AvgIpc) is 2.66. The fourth-order valence-electron chi connectivity index (χ4n) is 2.33. The van der Waals surface area contributed by atoms with Crippen molar-refractivity contribution >= 4 is 10.0 Å². The van der Waals surface area contributed by atoms with Gasteiger partial charge in [-0.3, -0.25) is 0 Å². The highest BCUT2D eigenvalue weighted by molar-refractivity contribution is 7.88. The van der Waals surface area contributed by atoms with Crippen molar-refractivity contribution in [2.45, 2.75) is 19.3 Å². The van der Waals surface area contributed by atoms with Gasteiger partial charge in [0, 0.05) is 13.1 Å². The van der Waals surface area contributed by atoms with Crippen LogP contribution in [0.1, 0.15) is 23.5 Å². The largest absolute Gasteiger partial charge is 0.213 e. The first-order valence-electron chi connectivity index (χ1n) is 5.49. The fraction of sp³-hybridized carbons (Fsp3) is 0.500. The van der Waals surface area contributed by atoms with Gasteiger partial charge in [0.2, 0.25) is 10.0 Å². The zero-order chi connectivity index (χ0) is 11.8. The Hall–Kier alpha value is -0.870. The van der Waals surface area contributed by atoms with Gasteiger partial charge in [-0.1, -0.05) is 24.3 Å². The van der Waals surface area contributed by atoms with E-state index in [0.717, 1.165) is 6.42 Å². The maximum atomic E-state index is 11.4. The third-order valence-electron chi connectivity index (χ3n) is 3.25. The lowest BCUT2D eigenvalue weighted by Crippen LogP contribution is -2.27. The van der Waals surface area contributed by atoms with Gasteiger partial charge in [0.25, 0.3) is 0 Å². The number of benzene rings is 1. The molecule has 88 valence electrons. The Balaban J connectivity index is 2.19. The van der Waals surface area contributed by atoms with Crippen molar-refractivity contribution in [1.29, 1.82) is 0 Å². The Bertz CT molecular complexity index is 482. The van der Waals surface area contributed by atoms with Crippen LogP contribution in [0.2, 0.25) is 0 Å². The minimum atomic E-state index is -3.02. The first-order valence-corrected chi connectivity index (χ1v) is 7.34. The van der Waals surface area contributed by atoms with E-state index < -0.39 is 10.0 Å². The molecule has 0 spiro atoms. The first-order chi connectivity index (χ1) is 7.48. The Morgan fingerprint density at radius 1 is 1.31 bits per heavy atom. The van der Waals surface area contributed by atoms with Crippen LogP contribution in [-0.4, -0.2) is 32.1 Å². The predicted octanol–water partition coefficient (Wildman–Crippen LogP) is 1.74. The van der Waals surface area contributed by atoms with Gasteiger partial charge in [0.15, 0.2) is 0 Å². The molecular weight excluding hydrogens is 222 g/mol. The van der Waals surface area contributed by atoms with Gasteiger partial charge in [-0.25, -0.2) is 12.7 Å². The molecule has 1 heterocycles.